The molecule has 2 bridgehead atoms. The third-order valence-electron chi connectivity index (χ3n) is 6.01. The lowest BCUT2D eigenvalue weighted by Gasteiger charge is -2.49. The van der Waals surface area contributed by atoms with E-state index in [2.05, 4.69) is 11.8 Å². The van der Waals surface area contributed by atoms with Gasteiger partial charge < -0.3 is 5.73 Å². The minimum atomic E-state index is 0.394. The van der Waals surface area contributed by atoms with Crippen molar-refractivity contribution >= 4 is 0 Å². The fourth-order valence-corrected chi connectivity index (χ4v) is 4.74. The summed E-state index contributed by atoms with van der Waals surface area (Å²) < 4.78 is 0. The Bertz CT molecular complexity index is 268. The van der Waals surface area contributed by atoms with Crippen molar-refractivity contribution in [3.8, 4) is 0 Å². The zero-order chi connectivity index (χ0) is 11.9. The molecule has 2 unspecified atom stereocenters. The van der Waals surface area contributed by atoms with Crippen LogP contribution in [-0.4, -0.2) is 29.6 Å². The van der Waals surface area contributed by atoms with Crippen LogP contribution in [0.2, 0.25) is 0 Å². The minimum Gasteiger partial charge on any atom is -0.329 e. The number of hydrogen-bond acceptors (Lipinski definition) is 2. The van der Waals surface area contributed by atoms with E-state index in [1.807, 2.05) is 0 Å². The highest BCUT2D eigenvalue weighted by molar-refractivity contribution is 5.04. The van der Waals surface area contributed by atoms with Gasteiger partial charge in [-0.15, -0.1) is 0 Å². The summed E-state index contributed by atoms with van der Waals surface area (Å²) in [5.74, 6) is 1.99. The lowest BCUT2D eigenvalue weighted by atomic mass is 9.74. The van der Waals surface area contributed by atoms with Crippen molar-refractivity contribution in [2.24, 2.45) is 17.6 Å². The van der Waals surface area contributed by atoms with Crippen LogP contribution >= 0.6 is 0 Å². The Morgan fingerprint density at radius 1 is 1.18 bits per heavy atom. The van der Waals surface area contributed by atoms with Gasteiger partial charge in [-0.05, 0) is 56.8 Å². The van der Waals surface area contributed by atoms with Gasteiger partial charge in [-0.3, -0.25) is 4.90 Å². The molecule has 1 saturated heterocycles. The average molecular weight is 236 g/mol. The number of hydrogen-bond donors (Lipinski definition) is 1. The summed E-state index contributed by atoms with van der Waals surface area (Å²) >= 11 is 0. The highest BCUT2D eigenvalue weighted by Gasteiger charge is 2.48. The van der Waals surface area contributed by atoms with Crippen molar-refractivity contribution in [1.29, 1.82) is 0 Å². The molecule has 3 rings (SSSR count). The maximum Gasteiger partial charge on any atom is 0.0335 e. The first-order chi connectivity index (χ1) is 8.27. The fraction of sp³-hybridized carbons (Fsp3) is 1.00. The Morgan fingerprint density at radius 3 is 2.41 bits per heavy atom. The number of nitrogens with zero attached hydrogens (tertiary/aromatic N) is 1. The summed E-state index contributed by atoms with van der Waals surface area (Å²) in [6, 6.07) is 0.890. The first-order valence-corrected chi connectivity index (χ1v) is 7.74. The van der Waals surface area contributed by atoms with Crippen molar-refractivity contribution < 1.29 is 0 Å². The molecule has 2 heteroatoms. The molecule has 17 heavy (non-hydrogen) atoms. The van der Waals surface area contributed by atoms with Crippen molar-refractivity contribution in [2.75, 3.05) is 13.1 Å². The molecule has 2 N–H and O–H groups in total. The molecule has 0 spiro atoms. The predicted octanol–water partition coefficient (Wildman–Crippen LogP) is 2.77. The number of piperidine rings is 1. The van der Waals surface area contributed by atoms with E-state index in [0.29, 0.717) is 5.54 Å². The Kier molecular flexibility index (Phi) is 3.20. The van der Waals surface area contributed by atoms with Crippen LogP contribution in [0.15, 0.2) is 0 Å². The van der Waals surface area contributed by atoms with Crippen molar-refractivity contribution in [2.45, 2.75) is 69.9 Å². The molecule has 0 aromatic rings. The molecule has 0 amide bonds. The largest absolute Gasteiger partial charge is 0.329 e. The normalized spacial score (nSPS) is 46.6. The molecule has 2 aliphatic carbocycles. The summed E-state index contributed by atoms with van der Waals surface area (Å²) in [5, 5.41) is 0. The second kappa shape index (κ2) is 4.55. The van der Waals surface area contributed by atoms with Crippen LogP contribution in [0.5, 0.6) is 0 Å². The second-order valence-electron chi connectivity index (χ2n) is 6.77. The number of likely N-dealkylation sites (tertiary alicyclic amines) is 1. The van der Waals surface area contributed by atoms with E-state index in [1.165, 1.54) is 57.9 Å². The number of rotatable bonds is 3. The van der Waals surface area contributed by atoms with E-state index >= 15 is 0 Å². The van der Waals surface area contributed by atoms with Gasteiger partial charge in [0.25, 0.3) is 0 Å². The topological polar surface area (TPSA) is 29.3 Å². The van der Waals surface area contributed by atoms with E-state index in [4.69, 9.17) is 5.73 Å². The molecule has 2 saturated carbocycles. The van der Waals surface area contributed by atoms with Crippen LogP contribution in [0.4, 0.5) is 0 Å². The van der Waals surface area contributed by atoms with Crippen molar-refractivity contribution in [3.63, 3.8) is 0 Å². The van der Waals surface area contributed by atoms with Gasteiger partial charge in [-0.25, -0.2) is 0 Å². The molecule has 3 fully saturated rings. The van der Waals surface area contributed by atoms with Gasteiger partial charge in [0, 0.05) is 24.7 Å². The lowest BCUT2D eigenvalue weighted by molar-refractivity contribution is 0.0175. The summed E-state index contributed by atoms with van der Waals surface area (Å²) in [6.45, 7) is 4.60. The van der Waals surface area contributed by atoms with Crippen LogP contribution < -0.4 is 5.73 Å². The summed E-state index contributed by atoms with van der Waals surface area (Å²) in [4.78, 5) is 2.84. The maximum absolute atomic E-state index is 6.20. The molecule has 2 nitrogen and oxygen atoms in total. The van der Waals surface area contributed by atoms with Crippen LogP contribution in [0.25, 0.3) is 0 Å². The van der Waals surface area contributed by atoms with Gasteiger partial charge in [0.2, 0.25) is 0 Å². The molecular formula is C15H28N2. The summed E-state index contributed by atoms with van der Waals surface area (Å²) in [6.07, 6.45) is 11.3. The fourth-order valence-electron chi connectivity index (χ4n) is 4.74. The zero-order valence-electron chi connectivity index (χ0n) is 11.3. The van der Waals surface area contributed by atoms with E-state index < -0.39 is 0 Å². The number of nitrogens with two attached hydrogens (primary N) is 1. The average Bonchev–Trinajstić information content (AvgIpc) is 3.01. The standard InChI is InChI=1S/C15H28N2/c1-2-12-5-7-15(11-16,8-6-12)17-10-13-3-4-14(17)9-13/h12-14H,2-11,16H2,1H3. The Labute approximate surface area is 106 Å². The van der Waals surface area contributed by atoms with E-state index in [-0.39, 0.29) is 0 Å². The molecule has 0 aromatic heterocycles. The number of fused-ring (bicyclic) bond motifs is 2. The quantitative estimate of drug-likeness (QED) is 0.816. The van der Waals surface area contributed by atoms with Crippen LogP contribution in [0.1, 0.15) is 58.3 Å². The smallest absolute Gasteiger partial charge is 0.0335 e. The Balaban J connectivity index is 1.70. The van der Waals surface area contributed by atoms with E-state index in [0.717, 1.165) is 24.4 Å². The molecule has 98 valence electrons. The Hall–Kier alpha value is -0.0800. The molecule has 1 heterocycles. The van der Waals surface area contributed by atoms with Gasteiger partial charge >= 0.3 is 0 Å². The van der Waals surface area contributed by atoms with Crippen molar-refractivity contribution in [1.82, 2.24) is 4.90 Å². The highest BCUT2D eigenvalue weighted by atomic mass is 15.3. The minimum absolute atomic E-state index is 0.394. The Morgan fingerprint density at radius 2 is 1.94 bits per heavy atom. The molecule has 1 aliphatic heterocycles. The van der Waals surface area contributed by atoms with Gasteiger partial charge in [0.1, 0.15) is 0 Å². The SMILES string of the molecule is CCC1CCC(CN)(N2CC3CCC2C3)CC1. The zero-order valence-corrected chi connectivity index (χ0v) is 11.3. The monoisotopic (exact) mass is 236 g/mol. The van der Waals surface area contributed by atoms with Crippen LogP contribution in [-0.2, 0) is 0 Å². The van der Waals surface area contributed by atoms with E-state index in [1.54, 1.807) is 0 Å². The maximum atomic E-state index is 6.20. The van der Waals surface area contributed by atoms with Gasteiger partial charge in [0.05, 0.1) is 0 Å². The summed E-state index contributed by atoms with van der Waals surface area (Å²) in [7, 11) is 0. The summed E-state index contributed by atoms with van der Waals surface area (Å²) in [5.41, 5.74) is 6.59. The third-order valence-corrected chi connectivity index (χ3v) is 6.01. The lowest BCUT2D eigenvalue weighted by Crippen LogP contribution is -2.58. The first kappa shape index (κ1) is 12.0. The molecule has 0 radical (unpaired) electrons. The van der Waals surface area contributed by atoms with Gasteiger partial charge in [0.15, 0.2) is 0 Å². The van der Waals surface area contributed by atoms with Gasteiger partial charge in [-0.2, -0.15) is 0 Å². The molecule has 2 atom stereocenters. The third kappa shape index (κ3) is 1.94. The highest BCUT2D eigenvalue weighted by Crippen LogP contribution is 2.46. The molecule has 0 aromatic carbocycles. The van der Waals surface area contributed by atoms with Gasteiger partial charge in [-0.1, -0.05) is 13.3 Å². The second-order valence-corrected chi connectivity index (χ2v) is 6.77. The first-order valence-electron chi connectivity index (χ1n) is 7.74. The predicted molar refractivity (Wildman–Crippen MR) is 71.9 cm³/mol. The molecule has 3 aliphatic rings. The van der Waals surface area contributed by atoms with E-state index in [9.17, 15) is 0 Å². The van der Waals surface area contributed by atoms with Crippen LogP contribution in [0, 0.1) is 11.8 Å². The van der Waals surface area contributed by atoms with Crippen LogP contribution in [0.3, 0.4) is 0 Å². The molecular weight excluding hydrogens is 208 g/mol. The van der Waals surface area contributed by atoms with Crippen molar-refractivity contribution in [3.05, 3.63) is 0 Å².